The average Bonchev–Trinajstić information content (AvgIpc) is 3.20. The van der Waals surface area contributed by atoms with Crippen molar-refractivity contribution in [3.05, 3.63) is 70.7 Å². The van der Waals surface area contributed by atoms with Gasteiger partial charge < -0.3 is 9.84 Å². The van der Waals surface area contributed by atoms with Crippen LogP contribution in [0.2, 0.25) is 0 Å². The Bertz CT molecular complexity index is 1300. The lowest BCUT2D eigenvalue weighted by Gasteiger charge is -2.30. The van der Waals surface area contributed by atoms with Crippen LogP contribution in [0.25, 0.3) is 12.2 Å². The number of aryl methyl sites for hydroxylation is 3. The van der Waals surface area contributed by atoms with Crippen molar-refractivity contribution in [3.63, 3.8) is 0 Å². The summed E-state index contributed by atoms with van der Waals surface area (Å²) >= 11 is 0. The molecular formula is C25H28N4O4S. The number of benzene rings is 1. The van der Waals surface area contributed by atoms with Crippen molar-refractivity contribution in [3.8, 4) is 0 Å². The molecule has 0 atom stereocenters. The molecule has 1 aromatic carbocycles. The molecule has 2 aromatic heterocycles. The van der Waals surface area contributed by atoms with Gasteiger partial charge in [0, 0.05) is 25.2 Å². The number of carbonyl (C=O) groups excluding carboxylic acids is 1. The van der Waals surface area contributed by atoms with Gasteiger partial charge in [-0.15, -0.1) is 0 Å². The van der Waals surface area contributed by atoms with Crippen molar-refractivity contribution < 1.29 is 17.7 Å². The second-order valence-corrected chi connectivity index (χ2v) is 10.5. The van der Waals surface area contributed by atoms with Crippen LogP contribution >= 0.6 is 0 Å². The first kappa shape index (κ1) is 23.8. The van der Waals surface area contributed by atoms with E-state index in [-0.39, 0.29) is 35.6 Å². The van der Waals surface area contributed by atoms with E-state index in [1.165, 1.54) is 4.31 Å². The number of carbonyl (C=O) groups is 1. The highest BCUT2D eigenvalue weighted by atomic mass is 32.2. The van der Waals surface area contributed by atoms with Crippen LogP contribution in [0.4, 0.5) is 5.82 Å². The molecule has 8 nitrogen and oxygen atoms in total. The van der Waals surface area contributed by atoms with Gasteiger partial charge >= 0.3 is 0 Å². The molecule has 0 unspecified atom stereocenters. The van der Waals surface area contributed by atoms with E-state index >= 15 is 0 Å². The van der Waals surface area contributed by atoms with E-state index < -0.39 is 10.0 Å². The van der Waals surface area contributed by atoms with E-state index in [1.807, 2.05) is 44.2 Å². The number of rotatable bonds is 6. The highest BCUT2D eigenvalue weighted by Crippen LogP contribution is 2.29. The Morgan fingerprint density at radius 3 is 2.44 bits per heavy atom. The van der Waals surface area contributed by atoms with Crippen LogP contribution < -0.4 is 5.32 Å². The Morgan fingerprint density at radius 1 is 1.06 bits per heavy atom. The molecule has 1 saturated heterocycles. The molecule has 1 aliphatic heterocycles. The van der Waals surface area contributed by atoms with Crippen LogP contribution in [0.1, 0.15) is 41.0 Å². The van der Waals surface area contributed by atoms with Crippen molar-refractivity contribution in [2.24, 2.45) is 5.92 Å². The van der Waals surface area contributed by atoms with Crippen LogP contribution in [0.5, 0.6) is 0 Å². The number of hydrogen-bond donors (Lipinski definition) is 1. The van der Waals surface area contributed by atoms with E-state index in [9.17, 15) is 13.2 Å². The number of hydrogen-bond acceptors (Lipinski definition) is 6. The monoisotopic (exact) mass is 480 g/mol. The van der Waals surface area contributed by atoms with Gasteiger partial charge in [-0.05, 0) is 62.9 Å². The lowest BCUT2D eigenvalue weighted by molar-refractivity contribution is -0.120. The Hall–Kier alpha value is -3.30. The lowest BCUT2D eigenvalue weighted by atomic mass is 9.97. The zero-order chi connectivity index (χ0) is 24.3. The summed E-state index contributed by atoms with van der Waals surface area (Å²) in [6.07, 6.45) is 5.93. The zero-order valence-electron chi connectivity index (χ0n) is 19.5. The summed E-state index contributed by atoms with van der Waals surface area (Å²) in [6.45, 7) is 6.04. The zero-order valence-corrected chi connectivity index (χ0v) is 20.3. The molecule has 3 aromatic rings. The molecular weight excluding hydrogens is 452 g/mol. The van der Waals surface area contributed by atoms with Gasteiger partial charge in [-0.2, -0.15) is 4.31 Å². The summed E-state index contributed by atoms with van der Waals surface area (Å²) in [5.74, 6) is 0.282. The van der Waals surface area contributed by atoms with E-state index in [2.05, 4.69) is 15.5 Å². The Kier molecular flexibility index (Phi) is 6.95. The molecule has 0 bridgehead atoms. The molecule has 1 amide bonds. The molecule has 1 N–H and O–H groups in total. The number of anilines is 1. The van der Waals surface area contributed by atoms with E-state index in [4.69, 9.17) is 4.52 Å². The molecule has 0 saturated carbocycles. The molecule has 0 spiro atoms. The number of piperidine rings is 1. The topological polar surface area (TPSA) is 105 Å². The molecule has 1 aliphatic rings. The van der Waals surface area contributed by atoms with Gasteiger partial charge in [-0.3, -0.25) is 4.79 Å². The van der Waals surface area contributed by atoms with E-state index in [0.29, 0.717) is 24.4 Å². The fourth-order valence-electron chi connectivity index (χ4n) is 3.97. The first-order chi connectivity index (χ1) is 16.2. The fourth-order valence-corrected chi connectivity index (χ4v) is 5.69. The Morgan fingerprint density at radius 2 is 1.76 bits per heavy atom. The highest BCUT2D eigenvalue weighted by Gasteiger charge is 2.36. The second-order valence-electron chi connectivity index (χ2n) is 8.59. The maximum atomic E-state index is 13.4. The lowest BCUT2D eigenvalue weighted by Crippen LogP contribution is -2.41. The number of aromatic nitrogens is 2. The predicted octanol–water partition coefficient (Wildman–Crippen LogP) is 4.20. The number of nitrogens with one attached hydrogen (secondary N) is 1. The van der Waals surface area contributed by atoms with Crippen LogP contribution in [0.3, 0.4) is 0 Å². The van der Waals surface area contributed by atoms with Gasteiger partial charge in [0.2, 0.25) is 15.9 Å². The molecule has 1 fully saturated rings. The molecule has 9 heteroatoms. The van der Waals surface area contributed by atoms with Gasteiger partial charge in [0.05, 0.1) is 0 Å². The molecule has 0 radical (unpaired) electrons. The average molecular weight is 481 g/mol. The highest BCUT2D eigenvalue weighted by molar-refractivity contribution is 7.89. The molecule has 0 aliphatic carbocycles. The standard InChI is InChI=1S/C25H28N4O4S/c1-17-4-6-20(7-5-17)8-9-22-24(19(3)28-33-22)34(31,32)29-14-11-21(12-15-29)25(30)27-23-16-18(2)10-13-26-23/h4-10,13,16,21H,11-12,14-15H2,1-3H3,(H,26,27,30)/b9-8+. The Balaban J connectivity index is 1.45. The van der Waals surface area contributed by atoms with Crippen LogP contribution in [-0.4, -0.2) is 41.9 Å². The Labute approximate surface area is 199 Å². The van der Waals surface area contributed by atoms with Crippen LogP contribution in [-0.2, 0) is 14.8 Å². The normalized spacial score (nSPS) is 15.6. The maximum absolute atomic E-state index is 13.4. The third-order valence-electron chi connectivity index (χ3n) is 5.93. The van der Waals surface area contributed by atoms with Crippen molar-refractivity contribution in [2.75, 3.05) is 18.4 Å². The summed E-state index contributed by atoms with van der Waals surface area (Å²) in [5, 5.41) is 6.73. The van der Waals surface area contributed by atoms with Crippen molar-refractivity contribution in [1.29, 1.82) is 0 Å². The maximum Gasteiger partial charge on any atom is 0.248 e. The minimum atomic E-state index is -3.82. The van der Waals surface area contributed by atoms with Gasteiger partial charge in [0.25, 0.3) is 0 Å². The van der Waals surface area contributed by atoms with Crippen LogP contribution in [0.15, 0.2) is 52.0 Å². The number of sulfonamides is 1. The van der Waals surface area contributed by atoms with Crippen LogP contribution in [0, 0.1) is 26.7 Å². The third-order valence-corrected chi connectivity index (χ3v) is 7.98. The summed E-state index contributed by atoms with van der Waals surface area (Å²) < 4.78 is 33.6. The summed E-state index contributed by atoms with van der Waals surface area (Å²) in [6, 6.07) is 11.5. The number of amides is 1. The largest absolute Gasteiger partial charge is 0.355 e. The molecule has 3 heterocycles. The first-order valence-corrected chi connectivity index (χ1v) is 12.6. The minimum Gasteiger partial charge on any atom is -0.355 e. The fraction of sp³-hybridized carbons (Fsp3) is 0.320. The van der Waals surface area contributed by atoms with Crippen molar-refractivity contribution >= 4 is 33.9 Å². The summed E-state index contributed by atoms with van der Waals surface area (Å²) in [7, 11) is -3.82. The first-order valence-electron chi connectivity index (χ1n) is 11.2. The summed E-state index contributed by atoms with van der Waals surface area (Å²) in [4.78, 5) is 16.9. The second kappa shape index (κ2) is 9.90. The van der Waals surface area contributed by atoms with E-state index in [1.54, 1.807) is 31.3 Å². The number of pyridine rings is 1. The van der Waals surface area contributed by atoms with E-state index in [0.717, 1.165) is 16.7 Å². The van der Waals surface area contributed by atoms with Gasteiger partial charge in [0.15, 0.2) is 10.7 Å². The molecule has 178 valence electrons. The molecule has 4 rings (SSSR count). The quantitative estimate of drug-likeness (QED) is 0.567. The van der Waals surface area contributed by atoms with Gasteiger partial charge in [-0.25, -0.2) is 13.4 Å². The SMILES string of the molecule is Cc1ccc(/C=C/c2onc(C)c2S(=O)(=O)N2CCC(C(=O)Nc3cc(C)ccn3)CC2)cc1. The van der Waals surface area contributed by atoms with Gasteiger partial charge in [0.1, 0.15) is 11.5 Å². The number of nitrogens with zero attached hydrogens (tertiary/aromatic N) is 3. The minimum absolute atomic E-state index is 0.0720. The molecule has 34 heavy (non-hydrogen) atoms. The smallest absolute Gasteiger partial charge is 0.248 e. The van der Waals surface area contributed by atoms with Crippen molar-refractivity contribution in [1.82, 2.24) is 14.4 Å². The third kappa shape index (κ3) is 5.26. The summed E-state index contributed by atoms with van der Waals surface area (Å²) in [5.41, 5.74) is 3.39. The van der Waals surface area contributed by atoms with Gasteiger partial charge in [-0.1, -0.05) is 41.1 Å². The predicted molar refractivity (Wildman–Crippen MR) is 130 cm³/mol. The van der Waals surface area contributed by atoms with Crippen molar-refractivity contribution in [2.45, 2.75) is 38.5 Å².